The van der Waals surface area contributed by atoms with Gasteiger partial charge in [-0.2, -0.15) is 0 Å². The first kappa shape index (κ1) is 15.5. The zero-order valence-corrected chi connectivity index (χ0v) is 14.4. The van der Waals surface area contributed by atoms with Crippen LogP contribution in [0.2, 0.25) is 0 Å². The van der Waals surface area contributed by atoms with Gasteiger partial charge in [-0.25, -0.2) is 9.97 Å². The molecule has 126 valence electrons. The fraction of sp³-hybridized carbons (Fsp3) is 0.526. The first-order valence-electron chi connectivity index (χ1n) is 8.85. The van der Waals surface area contributed by atoms with Gasteiger partial charge in [0.1, 0.15) is 11.5 Å². The number of piperidine rings is 1. The summed E-state index contributed by atoms with van der Waals surface area (Å²) < 4.78 is 5.69. The predicted octanol–water partition coefficient (Wildman–Crippen LogP) is 2.89. The Bertz CT molecular complexity index is 719. The van der Waals surface area contributed by atoms with Crippen molar-refractivity contribution < 1.29 is 4.74 Å². The van der Waals surface area contributed by atoms with Crippen molar-refractivity contribution in [3.8, 4) is 11.5 Å². The summed E-state index contributed by atoms with van der Waals surface area (Å²) in [6, 6.07) is 5.89. The van der Waals surface area contributed by atoms with E-state index in [9.17, 15) is 0 Å². The topological polar surface area (TPSA) is 51.1 Å². The lowest BCUT2D eigenvalue weighted by molar-refractivity contribution is 0.0496. The lowest BCUT2D eigenvalue weighted by Gasteiger charge is -2.37. The molecule has 5 nitrogen and oxygen atoms in total. The second kappa shape index (κ2) is 6.48. The van der Waals surface area contributed by atoms with Crippen LogP contribution in [0.4, 0.5) is 5.82 Å². The van der Waals surface area contributed by atoms with Crippen molar-refractivity contribution in [2.45, 2.75) is 38.7 Å². The Hall–Kier alpha value is -2.01. The number of hydrogen-bond donors (Lipinski definition) is 0. The molecule has 2 aliphatic rings. The number of anilines is 1. The average Bonchev–Trinajstić information content (AvgIpc) is 3.11. The summed E-state index contributed by atoms with van der Waals surface area (Å²) >= 11 is 0. The lowest BCUT2D eigenvalue weighted by Crippen LogP contribution is -2.44. The summed E-state index contributed by atoms with van der Waals surface area (Å²) in [4.78, 5) is 16.6. The van der Waals surface area contributed by atoms with Crippen LogP contribution in [0, 0.1) is 5.92 Å². The monoisotopic (exact) mass is 324 g/mol. The van der Waals surface area contributed by atoms with Crippen molar-refractivity contribution in [2.75, 3.05) is 25.1 Å². The Balaban J connectivity index is 1.73. The third-order valence-corrected chi connectivity index (χ3v) is 5.30. The van der Waals surface area contributed by atoms with E-state index in [2.05, 4.69) is 16.8 Å². The first-order valence-corrected chi connectivity index (χ1v) is 8.85. The average molecular weight is 324 g/mol. The summed E-state index contributed by atoms with van der Waals surface area (Å²) in [6.07, 6.45) is 6.50. The van der Waals surface area contributed by atoms with Crippen LogP contribution in [0.1, 0.15) is 31.0 Å². The lowest BCUT2D eigenvalue weighted by atomic mass is 9.95. The van der Waals surface area contributed by atoms with Gasteiger partial charge in [-0.1, -0.05) is 13.0 Å². The molecule has 2 aromatic rings. The second-order valence-electron chi connectivity index (χ2n) is 6.85. The van der Waals surface area contributed by atoms with E-state index in [1.54, 1.807) is 6.20 Å². The molecule has 24 heavy (non-hydrogen) atoms. The summed E-state index contributed by atoms with van der Waals surface area (Å²) in [5.74, 6) is 2.45. The summed E-state index contributed by atoms with van der Waals surface area (Å²) in [5.41, 5.74) is 3.38. The highest BCUT2D eigenvalue weighted by Crippen LogP contribution is 2.33. The summed E-state index contributed by atoms with van der Waals surface area (Å²) in [6.45, 7) is 4.21. The molecule has 0 spiro atoms. The molecule has 1 aliphatic heterocycles. The van der Waals surface area contributed by atoms with E-state index in [1.807, 2.05) is 25.3 Å². The van der Waals surface area contributed by atoms with Crippen LogP contribution in [0.3, 0.4) is 0 Å². The van der Waals surface area contributed by atoms with Gasteiger partial charge in [-0.3, -0.25) is 4.98 Å². The van der Waals surface area contributed by atoms with E-state index < -0.39 is 0 Å². The molecule has 2 unspecified atom stereocenters. The molecule has 5 heteroatoms. The van der Waals surface area contributed by atoms with Gasteiger partial charge >= 0.3 is 0 Å². The van der Waals surface area contributed by atoms with Crippen molar-refractivity contribution in [3.05, 3.63) is 35.7 Å². The first-order chi connectivity index (χ1) is 11.8. The predicted molar refractivity (Wildman–Crippen MR) is 94.1 cm³/mol. The minimum atomic E-state index is 0.268. The van der Waals surface area contributed by atoms with Crippen LogP contribution in [0.5, 0.6) is 0 Å². The van der Waals surface area contributed by atoms with Crippen LogP contribution < -0.4 is 4.90 Å². The van der Waals surface area contributed by atoms with E-state index in [-0.39, 0.29) is 6.10 Å². The Morgan fingerprint density at radius 2 is 2.12 bits per heavy atom. The zero-order chi connectivity index (χ0) is 16.5. The maximum absolute atomic E-state index is 5.69. The molecule has 2 atom stereocenters. The van der Waals surface area contributed by atoms with Crippen LogP contribution in [-0.4, -0.2) is 41.3 Å². The van der Waals surface area contributed by atoms with Gasteiger partial charge in [-0.15, -0.1) is 0 Å². The van der Waals surface area contributed by atoms with E-state index >= 15 is 0 Å². The van der Waals surface area contributed by atoms with Gasteiger partial charge in [0.25, 0.3) is 0 Å². The number of pyridine rings is 1. The Labute approximate surface area is 143 Å². The largest absolute Gasteiger partial charge is 0.379 e. The molecule has 1 saturated heterocycles. The zero-order valence-electron chi connectivity index (χ0n) is 14.4. The number of methoxy groups -OCH3 is 1. The Kier molecular flexibility index (Phi) is 4.19. The number of ether oxygens (including phenoxy) is 1. The molecular formula is C19H24N4O. The molecule has 4 rings (SSSR count). The van der Waals surface area contributed by atoms with E-state index in [1.165, 1.54) is 17.7 Å². The smallest absolute Gasteiger partial charge is 0.180 e. The number of hydrogen-bond acceptors (Lipinski definition) is 5. The van der Waals surface area contributed by atoms with Crippen molar-refractivity contribution in [1.29, 1.82) is 0 Å². The van der Waals surface area contributed by atoms with Gasteiger partial charge in [0.2, 0.25) is 0 Å². The molecule has 2 aromatic heterocycles. The fourth-order valence-electron chi connectivity index (χ4n) is 3.82. The molecular weight excluding hydrogens is 300 g/mol. The van der Waals surface area contributed by atoms with Crippen molar-refractivity contribution >= 4 is 5.82 Å². The van der Waals surface area contributed by atoms with Crippen LogP contribution >= 0.6 is 0 Å². The maximum Gasteiger partial charge on any atom is 0.180 e. The third-order valence-electron chi connectivity index (χ3n) is 5.30. The van der Waals surface area contributed by atoms with Crippen molar-refractivity contribution in [1.82, 2.24) is 15.0 Å². The van der Waals surface area contributed by atoms with E-state index in [0.717, 1.165) is 49.7 Å². The number of fused-ring (bicyclic) bond motifs is 1. The molecule has 1 fully saturated rings. The minimum absolute atomic E-state index is 0.268. The molecule has 3 heterocycles. The maximum atomic E-state index is 5.69. The fourth-order valence-corrected chi connectivity index (χ4v) is 3.82. The highest BCUT2D eigenvalue weighted by molar-refractivity contribution is 5.59. The molecule has 0 N–H and O–H groups in total. The highest BCUT2D eigenvalue weighted by atomic mass is 16.5. The Morgan fingerprint density at radius 1 is 1.21 bits per heavy atom. The van der Waals surface area contributed by atoms with Gasteiger partial charge in [0.15, 0.2) is 5.82 Å². The van der Waals surface area contributed by atoms with Gasteiger partial charge in [-0.05, 0) is 43.7 Å². The summed E-state index contributed by atoms with van der Waals surface area (Å²) in [5, 5.41) is 0. The van der Waals surface area contributed by atoms with Crippen LogP contribution in [0.15, 0.2) is 24.4 Å². The van der Waals surface area contributed by atoms with Crippen LogP contribution in [0.25, 0.3) is 11.5 Å². The van der Waals surface area contributed by atoms with Gasteiger partial charge < -0.3 is 9.64 Å². The second-order valence-corrected chi connectivity index (χ2v) is 6.85. The molecule has 0 radical (unpaired) electrons. The van der Waals surface area contributed by atoms with Crippen molar-refractivity contribution in [2.24, 2.45) is 5.92 Å². The number of nitrogens with zero attached hydrogens (tertiary/aromatic N) is 4. The number of rotatable bonds is 3. The number of aryl methyl sites for hydroxylation is 1. The van der Waals surface area contributed by atoms with Gasteiger partial charge in [0, 0.05) is 37.7 Å². The van der Waals surface area contributed by atoms with Gasteiger partial charge in [0.05, 0.1) is 6.10 Å². The normalized spacial score (nSPS) is 23.3. The third kappa shape index (κ3) is 2.77. The highest BCUT2D eigenvalue weighted by Gasteiger charge is 2.30. The van der Waals surface area contributed by atoms with Crippen LogP contribution in [-0.2, 0) is 17.6 Å². The van der Waals surface area contributed by atoms with Crippen molar-refractivity contribution in [3.63, 3.8) is 0 Å². The van der Waals surface area contributed by atoms with E-state index in [4.69, 9.17) is 14.7 Å². The quantitative estimate of drug-likeness (QED) is 0.869. The molecule has 0 saturated carbocycles. The number of aromatic nitrogens is 3. The molecule has 0 amide bonds. The minimum Gasteiger partial charge on any atom is -0.379 e. The Morgan fingerprint density at radius 3 is 2.92 bits per heavy atom. The molecule has 1 aliphatic carbocycles. The SMILES string of the molecule is COC1CN(c2nc(-c3ccccn3)nc3c2CCC3)CCC1C. The molecule has 0 aromatic carbocycles. The standard InChI is InChI=1S/C19H24N4O/c1-13-9-11-23(12-17(13)24-2)19-14-6-5-8-15(14)21-18(22-19)16-7-3-4-10-20-16/h3-4,7,10,13,17H,5-6,8-9,11-12H2,1-2H3. The molecule has 0 bridgehead atoms. The summed E-state index contributed by atoms with van der Waals surface area (Å²) in [7, 11) is 1.81. The van der Waals surface area contributed by atoms with E-state index in [0.29, 0.717) is 5.92 Å².